The van der Waals surface area contributed by atoms with Gasteiger partial charge in [0.1, 0.15) is 0 Å². The van der Waals surface area contributed by atoms with Crippen molar-refractivity contribution in [3.8, 4) is 0 Å². The SMILES string of the molecule is NCCNCC(CC(=O)[O-])(CC(=O)[O-])N(CC(=O)[O-])CC(=O)[O-].[Na+].[Na+].[Na+].[Na+]. The molecule has 0 atom stereocenters. The molecule has 15 heteroatoms. The average Bonchev–Trinajstić information content (AvgIpc) is 2.35. The van der Waals surface area contributed by atoms with Crippen molar-refractivity contribution in [2.75, 3.05) is 32.7 Å². The first-order valence-corrected chi connectivity index (χ1v) is 6.58. The summed E-state index contributed by atoms with van der Waals surface area (Å²) in [7, 11) is 0. The van der Waals surface area contributed by atoms with Crippen LogP contribution in [-0.2, 0) is 19.2 Å². The Morgan fingerprint density at radius 2 is 1.15 bits per heavy atom. The number of hydrogen-bond acceptors (Lipinski definition) is 11. The number of nitrogens with one attached hydrogen (secondary N) is 1. The first-order chi connectivity index (χ1) is 10.6. The van der Waals surface area contributed by atoms with Crippen LogP contribution in [0.15, 0.2) is 0 Å². The average molecular weight is 423 g/mol. The van der Waals surface area contributed by atoms with Gasteiger partial charge in [-0.05, 0) is 0 Å². The summed E-state index contributed by atoms with van der Waals surface area (Å²) < 4.78 is 0. The molecular formula is C12H17N3Na4O8. The molecule has 0 aromatic rings. The zero-order chi connectivity index (χ0) is 18.0. The van der Waals surface area contributed by atoms with Crippen LogP contribution in [0.2, 0.25) is 0 Å². The second kappa shape index (κ2) is 21.0. The number of rotatable bonds is 13. The molecule has 0 aliphatic carbocycles. The van der Waals surface area contributed by atoms with Crippen LogP contribution in [0.3, 0.4) is 0 Å². The molecule has 0 aliphatic heterocycles. The molecule has 3 N–H and O–H groups in total. The quantitative estimate of drug-likeness (QED) is 0.210. The Bertz CT molecular complexity index is 438. The molecule has 0 unspecified atom stereocenters. The van der Waals surface area contributed by atoms with Gasteiger partial charge >= 0.3 is 118 Å². The predicted molar refractivity (Wildman–Crippen MR) is 65.5 cm³/mol. The fourth-order valence-corrected chi connectivity index (χ4v) is 2.19. The number of carboxylic acid groups (broad SMARTS) is 4. The summed E-state index contributed by atoms with van der Waals surface area (Å²) in [5, 5.41) is 46.2. The van der Waals surface area contributed by atoms with E-state index in [0.717, 1.165) is 0 Å². The van der Waals surface area contributed by atoms with Gasteiger partial charge < -0.3 is 50.7 Å². The van der Waals surface area contributed by atoms with Gasteiger partial charge in [0, 0.05) is 63.0 Å². The van der Waals surface area contributed by atoms with Crippen molar-refractivity contribution in [2.45, 2.75) is 18.4 Å². The van der Waals surface area contributed by atoms with Crippen molar-refractivity contribution in [1.82, 2.24) is 10.2 Å². The van der Waals surface area contributed by atoms with Crippen molar-refractivity contribution in [3.63, 3.8) is 0 Å². The first-order valence-electron chi connectivity index (χ1n) is 6.58. The Balaban J connectivity index is -0.000000403. The summed E-state index contributed by atoms with van der Waals surface area (Å²) in [5.74, 6) is -6.82. The van der Waals surface area contributed by atoms with Gasteiger partial charge in [0.25, 0.3) is 0 Å². The van der Waals surface area contributed by atoms with Crippen molar-refractivity contribution >= 4 is 23.9 Å². The smallest absolute Gasteiger partial charge is 0.550 e. The third-order valence-corrected chi connectivity index (χ3v) is 3.03. The monoisotopic (exact) mass is 423 g/mol. The zero-order valence-corrected chi connectivity index (χ0v) is 24.2. The largest absolute Gasteiger partial charge is 1.00 e. The van der Waals surface area contributed by atoms with Crippen LogP contribution >= 0.6 is 0 Å². The molecule has 0 aromatic carbocycles. The molecule has 0 aromatic heterocycles. The molecule has 0 amide bonds. The minimum Gasteiger partial charge on any atom is -0.550 e. The van der Waals surface area contributed by atoms with Gasteiger partial charge in [-0.15, -0.1) is 0 Å². The number of carboxylic acids is 4. The summed E-state index contributed by atoms with van der Waals surface area (Å²) in [4.78, 5) is 44.2. The fourth-order valence-electron chi connectivity index (χ4n) is 2.19. The number of hydrogen-bond donors (Lipinski definition) is 2. The number of carbonyl (C=O) groups excluding carboxylic acids is 4. The molecule has 27 heavy (non-hydrogen) atoms. The van der Waals surface area contributed by atoms with E-state index in [9.17, 15) is 39.6 Å². The number of nitrogens with zero attached hydrogens (tertiary/aromatic N) is 1. The van der Waals surface area contributed by atoms with Gasteiger partial charge in [0.15, 0.2) is 0 Å². The summed E-state index contributed by atoms with van der Waals surface area (Å²) >= 11 is 0. The molecule has 0 spiro atoms. The fraction of sp³-hybridized carbons (Fsp3) is 0.667. The maximum absolute atomic E-state index is 11.0. The van der Waals surface area contributed by atoms with E-state index in [4.69, 9.17) is 5.73 Å². The molecule has 11 nitrogen and oxygen atoms in total. The van der Waals surface area contributed by atoms with E-state index >= 15 is 0 Å². The van der Waals surface area contributed by atoms with Crippen molar-refractivity contribution < 1.29 is 158 Å². The minimum absolute atomic E-state index is 0. The second-order valence-electron chi connectivity index (χ2n) is 4.89. The van der Waals surface area contributed by atoms with Gasteiger partial charge in [-0.1, -0.05) is 0 Å². The van der Waals surface area contributed by atoms with Gasteiger partial charge in [-0.2, -0.15) is 0 Å². The van der Waals surface area contributed by atoms with Gasteiger partial charge in [0.2, 0.25) is 0 Å². The topological polar surface area (TPSA) is 202 Å². The number of nitrogens with two attached hydrogens (primary N) is 1. The van der Waals surface area contributed by atoms with Gasteiger partial charge in [-0.25, -0.2) is 0 Å². The molecule has 0 heterocycles. The molecule has 132 valence electrons. The van der Waals surface area contributed by atoms with E-state index in [1.807, 2.05) is 0 Å². The number of aliphatic carboxylic acids is 4. The third kappa shape index (κ3) is 18.3. The normalized spacial score (nSPS) is 9.70. The molecule has 0 saturated heterocycles. The molecule has 0 aliphatic rings. The van der Waals surface area contributed by atoms with Crippen molar-refractivity contribution in [2.24, 2.45) is 5.73 Å². The van der Waals surface area contributed by atoms with Crippen molar-refractivity contribution in [1.29, 1.82) is 0 Å². The van der Waals surface area contributed by atoms with Gasteiger partial charge in [-0.3, -0.25) is 4.90 Å². The van der Waals surface area contributed by atoms with E-state index in [0.29, 0.717) is 4.90 Å². The maximum atomic E-state index is 11.0. The summed E-state index contributed by atoms with van der Waals surface area (Å²) in [6, 6.07) is 0. The molecular weight excluding hydrogens is 406 g/mol. The summed E-state index contributed by atoms with van der Waals surface area (Å²) in [6.45, 7) is -2.11. The molecule has 0 rings (SSSR count). The predicted octanol–water partition coefficient (Wildman–Crippen LogP) is -19.6. The van der Waals surface area contributed by atoms with E-state index in [1.54, 1.807) is 0 Å². The van der Waals surface area contributed by atoms with Crippen LogP contribution in [0, 0.1) is 0 Å². The molecule has 0 saturated carbocycles. The summed E-state index contributed by atoms with van der Waals surface area (Å²) in [6.07, 6.45) is -1.89. The Kier molecular flexibility index (Phi) is 30.5. The van der Waals surface area contributed by atoms with Crippen LogP contribution in [0.4, 0.5) is 0 Å². The molecule has 0 fully saturated rings. The van der Waals surface area contributed by atoms with Crippen LogP contribution < -0.4 is 150 Å². The van der Waals surface area contributed by atoms with Crippen molar-refractivity contribution in [3.05, 3.63) is 0 Å². The minimum atomic E-state index is -1.92. The Morgan fingerprint density at radius 1 is 0.778 bits per heavy atom. The second-order valence-corrected chi connectivity index (χ2v) is 4.89. The number of carbonyl (C=O) groups is 4. The third-order valence-electron chi connectivity index (χ3n) is 3.03. The van der Waals surface area contributed by atoms with Gasteiger partial charge in [0.05, 0.1) is 11.9 Å². The van der Waals surface area contributed by atoms with E-state index in [-0.39, 0.29) is 138 Å². The first kappa shape index (κ1) is 39.3. The zero-order valence-electron chi connectivity index (χ0n) is 16.2. The van der Waals surface area contributed by atoms with Crippen LogP contribution in [0.1, 0.15) is 12.8 Å². The standard InChI is InChI=1S/C12H21N3O8.4Na/c13-1-2-14-7-12(3-8(16)17,4-9(18)19)15(5-10(20)21)6-11(22)23;;;;/h14H,1-7,13H2,(H,16,17)(H,18,19)(H,20,21)(H,22,23);;;;/q;4*+1/p-4. The van der Waals surface area contributed by atoms with E-state index < -0.39 is 55.3 Å². The Morgan fingerprint density at radius 3 is 1.41 bits per heavy atom. The Labute approximate surface area is 245 Å². The molecule has 0 bridgehead atoms. The van der Waals surface area contributed by atoms with Crippen LogP contribution in [0.5, 0.6) is 0 Å². The van der Waals surface area contributed by atoms with E-state index in [2.05, 4.69) is 5.32 Å². The molecule has 0 radical (unpaired) electrons. The Hall–Kier alpha value is 1.76. The summed E-state index contributed by atoms with van der Waals surface area (Å²) in [5.41, 5.74) is 3.33. The van der Waals surface area contributed by atoms with Crippen LogP contribution in [-0.4, -0.2) is 67.0 Å². The van der Waals surface area contributed by atoms with E-state index in [1.165, 1.54) is 0 Å². The van der Waals surface area contributed by atoms with Crippen LogP contribution in [0.25, 0.3) is 0 Å². The maximum Gasteiger partial charge on any atom is 1.00 e.